The summed E-state index contributed by atoms with van der Waals surface area (Å²) in [6.07, 6.45) is 2.68. The normalized spacial score (nSPS) is 16.6. The van der Waals surface area contributed by atoms with Gasteiger partial charge in [-0.1, -0.05) is 23.2 Å². The molecule has 1 fully saturated rings. The highest BCUT2D eigenvalue weighted by molar-refractivity contribution is 6.35. The van der Waals surface area contributed by atoms with Crippen LogP contribution in [0.4, 0.5) is 0 Å². The molecule has 0 heterocycles. The zero-order chi connectivity index (χ0) is 11.6. The fourth-order valence-electron chi connectivity index (χ4n) is 1.54. The molecule has 4 heteroatoms. The van der Waals surface area contributed by atoms with Crippen molar-refractivity contribution in [2.45, 2.75) is 19.3 Å². The van der Waals surface area contributed by atoms with E-state index >= 15 is 0 Å². The monoisotopic (exact) mass is 255 g/mol. The van der Waals surface area contributed by atoms with Crippen LogP contribution in [-0.4, -0.2) is 6.61 Å². The molecule has 0 N–H and O–H groups in total. The van der Waals surface area contributed by atoms with Crippen LogP contribution in [0, 0.1) is 16.7 Å². The second-order valence-electron chi connectivity index (χ2n) is 4.20. The van der Waals surface area contributed by atoms with Crippen molar-refractivity contribution in [2.24, 2.45) is 5.41 Å². The average molecular weight is 256 g/mol. The first-order valence-electron chi connectivity index (χ1n) is 5.10. The Hall–Kier alpha value is -0.910. The third-order valence-electron chi connectivity index (χ3n) is 2.84. The SMILES string of the molecule is N#CCC1(COc2ccc(Cl)cc2Cl)CC1. The topological polar surface area (TPSA) is 33.0 Å². The maximum atomic E-state index is 8.68. The molecule has 0 aliphatic heterocycles. The molecule has 0 spiro atoms. The minimum atomic E-state index is 0.0672. The maximum Gasteiger partial charge on any atom is 0.138 e. The summed E-state index contributed by atoms with van der Waals surface area (Å²) < 4.78 is 5.63. The molecule has 0 bridgehead atoms. The van der Waals surface area contributed by atoms with E-state index in [4.69, 9.17) is 33.2 Å². The van der Waals surface area contributed by atoms with Gasteiger partial charge in [-0.05, 0) is 31.0 Å². The van der Waals surface area contributed by atoms with Crippen LogP contribution < -0.4 is 4.74 Å². The van der Waals surface area contributed by atoms with Gasteiger partial charge in [0.2, 0.25) is 0 Å². The molecular formula is C12H11Cl2NO. The highest BCUT2D eigenvalue weighted by Crippen LogP contribution is 2.49. The van der Waals surface area contributed by atoms with E-state index in [0.29, 0.717) is 28.8 Å². The van der Waals surface area contributed by atoms with Crippen LogP contribution in [0.1, 0.15) is 19.3 Å². The van der Waals surface area contributed by atoms with Crippen LogP contribution in [0.5, 0.6) is 5.75 Å². The van der Waals surface area contributed by atoms with Crippen LogP contribution in [-0.2, 0) is 0 Å². The van der Waals surface area contributed by atoms with Gasteiger partial charge in [-0.25, -0.2) is 0 Å². The first-order valence-corrected chi connectivity index (χ1v) is 5.86. The van der Waals surface area contributed by atoms with E-state index in [1.54, 1.807) is 18.2 Å². The zero-order valence-electron chi connectivity index (χ0n) is 8.67. The lowest BCUT2D eigenvalue weighted by molar-refractivity contribution is 0.237. The van der Waals surface area contributed by atoms with Crippen molar-refractivity contribution in [3.8, 4) is 11.8 Å². The number of halogens is 2. The summed E-state index contributed by atoms with van der Waals surface area (Å²) in [5.41, 5.74) is 0.0672. The molecule has 2 nitrogen and oxygen atoms in total. The molecule has 1 aliphatic rings. The maximum absolute atomic E-state index is 8.68. The first kappa shape index (κ1) is 11.6. The van der Waals surface area contributed by atoms with Crippen molar-refractivity contribution >= 4 is 23.2 Å². The number of ether oxygens (including phenoxy) is 1. The number of rotatable bonds is 4. The molecule has 1 aliphatic carbocycles. The number of hydrogen-bond donors (Lipinski definition) is 0. The predicted octanol–water partition coefficient (Wildman–Crippen LogP) is 4.07. The van der Waals surface area contributed by atoms with Gasteiger partial charge in [0.15, 0.2) is 0 Å². The summed E-state index contributed by atoms with van der Waals surface area (Å²) in [6.45, 7) is 0.557. The van der Waals surface area contributed by atoms with Gasteiger partial charge in [0, 0.05) is 16.9 Å². The Morgan fingerprint density at radius 1 is 1.38 bits per heavy atom. The van der Waals surface area contributed by atoms with E-state index in [9.17, 15) is 0 Å². The van der Waals surface area contributed by atoms with Gasteiger partial charge in [-0.15, -0.1) is 0 Å². The minimum Gasteiger partial charge on any atom is -0.491 e. The molecule has 2 rings (SSSR count). The molecule has 84 valence electrons. The zero-order valence-corrected chi connectivity index (χ0v) is 10.2. The summed E-state index contributed by atoms with van der Waals surface area (Å²) >= 11 is 11.8. The van der Waals surface area contributed by atoms with Gasteiger partial charge in [0.25, 0.3) is 0 Å². The largest absolute Gasteiger partial charge is 0.491 e. The Labute approximate surface area is 105 Å². The Balaban J connectivity index is 1.98. The lowest BCUT2D eigenvalue weighted by Crippen LogP contribution is -2.12. The first-order chi connectivity index (χ1) is 7.65. The van der Waals surface area contributed by atoms with Crippen molar-refractivity contribution in [3.63, 3.8) is 0 Å². The predicted molar refractivity (Wildman–Crippen MR) is 63.9 cm³/mol. The fraction of sp³-hybridized carbons (Fsp3) is 0.417. The summed E-state index contributed by atoms with van der Waals surface area (Å²) in [7, 11) is 0. The lowest BCUT2D eigenvalue weighted by atomic mass is 10.1. The van der Waals surface area contributed by atoms with Crippen molar-refractivity contribution in [3.05, 3.63) is 28.2 Å². The highest BCUT2D eigenvalue weighted by Gasteiger charge is 2.43. The van der Waals surface area contributed by atoms with E-state index in [0.717, 1.165) is 12.8 Å². The molecule has 0 saturated heterocycles. The third kappa shape index (κ3) is 2.61. The third-order valence-corrected chi connectivity index (χ3v) is 3.37. The smallest absolute Gasteiger partial charge is 0.138 e. The molecule has 1 aromatic carbocycles. The van der Waals surface area contributed by atoms with Crippen molar-refractivity contribution in [1.29, 1.82) is 5.26 Å². The summed E-state index contributed by atoms with van der Waals surface area (Å²) in [4.78, 5) is 0. The molecule has 0 amide bonds. The van der Waals surface area contributed by atoms with Gasteiger partial charge in [0.1, 0.15) is 5.75 Å². The van der Waals surface area contributed by atoms with Crippen molar-refractivity contribution in [2.75, 3.05) is 6.61 Å². The van der Waals surface area contributed by atoms with Gasteiger partial charge in [-0.2, -0.15) is 5.26 Å². The molecule has 16 heavy (non-hydrogen) atoms. The average Bonchev–Trinajstić information content (AvgIpc) is 2.98. The lowest BCUT2D eigenvalue weighted by Gasteiger charge is -2.13. The Kier molecular flexibility index (Phi) is 3.28. The molecule has 0 aromatic heterocycles. The molecule has 0 atom stereocenters. The van der Waals surface area contributed by atoms with Crippen LogP contribution in [0.2, 0.25) is 10.0 Å². The minimum absolute atomic E-state index is 0.0672. The van der Waals surface area contributed by atoms with Crippen LogP contribution in [0.25, 0.3) is 0 Å². The number of nitriles is 1. The van der Waals surface area contributed by atoms with Gasteiger partial charge in [0.05, 0.1) is 17.7 Å². The standard InChI is InChI=1S/C12H11Cl2NO/c13-9-1-2-11(10(14)7-9)16-8-12(3-4-12)5-6-15/h1-2,7H,3-5,8H2. The Morgan fingerprint density at radius 2 is 2.12 bits per heavy atom. The Morgan fingerprint density at radius 3 is 2.69 bits per heavy atom. The van der Waals surface area contributed by atoms with Crippen LogP contribution in [0.15, 0.2) is 18.2 Å². The van der Waals surface area contributed by atoms with Crippen molar-refractivity contribution in [1.82, 2.24) is 0 Å². The molecule has 0 unspecified atom stereocenters. The second kappa shape index (κ2) is 4.53. The fourth-order valence-corrected chi connectivity index (χ4v) is 2.00. The summed E-state index contributed by atoms with van der Waals surface area (Å²) in [5.74, 6) is 0.635. The van der Waals surface area contributed by atoms with Crippen LogP contribution >= 0.6 is 23.2 Å². The van der Waals surface area contributed by atoms with Gasteiger partial charge < -0.3 is 4.74 Å². The molecular weight excluding hydrogens is 245 g/mol. The van der Waals surface area contributed by atoms with Gasteiger partial charge >= 0.3 is 0 Å². The Bertz CT molecular complexity index is 435. The van der Waals surface area contributed by atoms with Crippen molar-refractivity contribution < 1.29 is 4.74 Å². The van der Waals surface area contributed by atoms with E-state index < -0.39 is 0 Å². The number of benzene rings is 1. The summed E-state index contributed by atoms with van der Waals surface area (Å²) in [6, 6.07) is 7.35. The number of nitrogens with zero attached hydrogens (tertiary/aromatic N) is 1. The number of hydrogen-bond acceptors (Lipinski definition) is 2. The van der Waals surface area contributed by atoms with E-state index in [1.807, 2.05) is 0 Å². The molecule has 0 radical (unpaired) electrons. The highest BCUT2D eigenvalue weighted by atomic mass is 35.5. The quantitative estimate of drug-likeness (QED) is 0.813. The van der Waals surface area contributed by atoms with E-state index in [-0.39, 0.29) is 5.41 Å². The van der Waals surface area contributed by atoms with E-state index in [1.165, 1.54) is 0 Å². The molecule has 1 saturated carbocycles. The van der Waals surface area contributed by atoms with E-state index in [2.05, 4.69) is 6.07 Å². The van der Waals surface area contributed by atoms with Gasteiger partial charge in [-0.3, -0.25) is 0 Å². The second-order valence-corrected chi connectivity index (χ2v) is 5.04. The molecule has 1 aromatic rings. The summed E-state index contributed by atoms with van der Waals surface area (Å²) in [5, 5.41) is 9.79. The van der Waals surface area contributed by atoms with Crippen LogP contribution in [0.3, 0.4) is 0 Å².